The van der Waals surface area contributed by atoms with Crippen molar-refractivity contribution in [1.82, 2.24) is 4.90 Å². The van der Waals surface area contributed by atoms with Crippen molar-refractivity contribution in [3.8, 4) is 0 Å². The third-order valence-corrected chi connectivity index (χ3v) is 5.85. The maximum Gasteiger partial charge on any atom is 0.228 e. The number of rotatable bonds is 4. The van der Waals surface area contributed by atoms with Crippen molar-refractivity contribution in [2.45, 2.75) is 13.3 Å². The molecule has 0 radical (unpaired) electrons. The maximum atomic E-state index is 14.1. The van der Waals surface area contributed by atoms with E-state index in [-0.39, 0.29) is 36.3 Å². The number of amides is 2. The van der Waals surface area contributed by atoms with Crippen LogP contribution in [0.3, 0.4) is 0 Å². The summed E-state index contributed by atoms with van der Waals surface area (Å²) in [5.74, 6) is -1.13. The lowest BCUT2D eigenvalue weighted by Crippen LogP contribution is -2.50. The molecule has 2 aliphatic heterocycles. The molecule has 0 unspecified atom stereocenters. The molecule has 0 bridgehead atoms. The fourth-order valence-electron chi connectivity index (χ4n) is 4.13. The van der Waals surface area contributed by atoms with Gasteiger partial charge in [-0.1, -0.05) is 12.1 Å². The van der Waals surface area contributed by atoms with E-state index in [2.05, 4.69) is 4.90 Å². The molecule has 0 aromatic heterocycles. The van der Waals surface area contributed by atoms with Gasteiger partial charge in [0.15, 0.2) is 5.78 Å². The summed E-state index contributed by atoms with van der Waals surface area (Å²) in [6.45, 7) is 4.26. The number of hydrogen-bond donors (Lipinski definition) is 0. The van der Waals surface area contributed by atoms with E-state index in [0.717, 1.165) is 5.69 Å². The fourth-order valence-corrected chi connectivity index (χ4v) is 4.13. The number of anilines is 2. The average Bonchev–Trinajstić information content (AvgIpc) is 3.15. The summed E-state index contributed by atoms with van der Waals surface area (Å²) in [7, 11) is 0. The molecule has 2 aromatic carbocycles. The number of ketones is 1. The number of Topliss-reactive ketones (excluding diaryl/α,β-unsaturated/α-hetero) is 1. The normalized spacial score (nSPS) is 19.3. The predicted octanol–water partition coefficient (Wildman–Crippen LogP) is 2.73. The van der Waals surface area contributed by atoms with Crippen molar-refractivity contribution in [3.63, 3.8) is 0 Å². The third-order valence-electron chi connectivity index (χ3n) is 5.85. The summed E-state index contributed by atoms with van der Waals surface area (Å²) in [6, 6.07) is 13.6. The highest BCUT2D eigenvalue weighted by Gasteiger charge is 2.38. The summed E-state index contributed by atoms with van der Waals surface area (Å²) in [6.07, 6.45) is 0.111. The first-order valence-corrected chi connectivity index (χ1v) is 10.1. The second-order valence-electron chi connectivity index (χ2n) is 7.77. The summed E-state index contributed by atoms with van der Waals surface area (Å²) in [4.78, 5) is 42.1. The Bertz CT molecular complexity index is 968. The van der Waals surface area contributed by atoms with E-state index in [4.69, 9.17) is 0 Å². The fraction of sp³-hybridized carbons (Fsp3) is 0.348. The highest BCUT2D eigenvalue weighted by molar-refractivity contribution is 6.00. The highest BCUT2D eigenvalue weighted by atomic mass is 19.1. The maximum absolute atomic E-state index is 14.1. The van der Waals surface area contributed by atoms with E-state index < -0.39 is 11.7 Å². The van der Waals surface area contributed by atoms with Gasteiger partial charge in [-0.15, -0.1) is 0 Å². The van der Waals surface area contributed by atoms with Crippen LogP contribution in [0.5, 0.6) is 0 Å². The Balaban J connectivity index is 1.36. The Hall–Kier alpha value is -3.22. The third kappa shape index (κ3) is 3.92. The Morgan fingerprint density at radius 3 is 2.27 bits per heavy atom. The van der Waals surface area contributed by atoms with Gasteiger partial charge in [-0.25, -0.2) is 4.39 Å². The molecule has 2 heterocycles. The van der Waals surface area contributed by atoms with Gasteiger partial charge in [0.2, 0.25) is 11.8 Å². The molecular formula is C23H24FN3O3. The van der Waals surface area contributed by atoms with Crippen molar-refractivity contribution >= 4 is 29.0 Å². The first-order valence-electron chi connectivity index (χ1n) is 10.1. The zero-order valence-electron chi connectivity index (χ0n) is 16.9. The van der Waals surface area contributed by atoms with Gasteiger partial charge in [0.05, 0.1) is 11.6 Å². The summed E-state index contributed by atoms with van der Waals surface area (Å²) in [5.41, 5.74) is 1.93. The van der Waals surface area contributed by atoms with E-state index in [0.29, 0.717) is 31.7 Å². The smallest absolute Gasteiger partial charge is 0.228 e. The number of para-hydroxylation sites is 1. The van der Waals surface area contributed by atoms with Crippen LogP contribution in [0, 0.1) is 11.7 Å². The van der Waals surface area contributed by atoms with Crippen molar-refractivity contribution in [3.05, 3.63) is 59.9 Å². The van der Waals surface area contributed by atoms with Gasteiger partial charge >= 0.3 is 0 Å². The van der Waals surface area contributed by atoms with Gasteiger partial charge in [-0.3, -0.25) is 14.4 Å². The summed E-state index contributed by atoms with van der Waals surface area (Å²) in [5, 5.41) is 0. The van der Waals surface area contributed by atoms with Crippen LogP contribution in [0.1, 0.15) is 23.7 Å². The van der Waals surface area contributed by atoms with E-state index in [1.54, 1.807) is 30.0 Å². The average molecular weight is 409 g/mol. The van der Waals surface area contributed by atoms with Crippen LogP contribution in [-0.2, 0) is 9.59 Å². The van der Waals surface area contributed by atoms with E-state index in [9.17, 15) is 18.8 Å². The van der Waals surface area contributed by atoms with Crippen molar-refractivity contribution in [2.24, 2.45) is 5.92 Å². The first kappa shape index (κ1) is 20.1. The number of carbonyl (C=O) groups excluding carboxylic acids is 3. The number of halogens is 1. The van der Waals surface area contributed by atoms with Gasteiger partial charge in [0, 0.05) is 50.4 Å². The minimum atomic E-state index is -0.455. The zero-order valence-corrected chi connectivity index (χ0v) is 16.9. The van der Waals surface area contributed by atoms with Crippen LogP contribution in [0.15, 0.2) is 48.5 Å². The minimum Gasteiger partial charge on any atom is -0.368 e. The molecule has 0 saturated carbocycles. The number of piperazine rings is 1. The summed E-state index contributed by atoms with van der Waals surface area (Å²) >= 11 is 0. The Labute approximate surface area is 174 Å². The number of carbonyl (C=O) groups is 3. The lowest BCUT2D eigenvalue weighted by atomic mass is 10.1. The second-order valence-corrected chi connectivity index (χ2v) is 7.77. The molecule has 6 nitrogen and oxygen atoms in total. The molecule has 1 atom stereocenters. The quantitative estimate of drug-likeness (QED) is 0.729. The van der Waals surface area contributed by atoms with Crippen LogP contribution < -0.4 is 9.80 Å². The van der Waals surface area contributed by atoms with Gasteiger partial charge in [0.25, 0.3) is 0 Å². The van der Waals surface area contributed by atoms with Crippen LogP contribution in [0.4, 0.5) is 15.8 Å². The van der Waals surface area contributed by atoms with E-state index in [1.165, 1.54) is 11.0 Å². The minimum absolute atomic E-state index is 0.0347. The van der Waals surface area contributed by atoms with Gasteiger partial charge < -0.3 is 14.7 Å². The SMILES string of the molecule is CC(=O)c1ccc(N2CCN(C(=O)[C@H]3CC(=O)N(c4ccccc4F)C3)CC2)cc1. The number of hydrogen-bond acceptors (Lipinski definition) is 4. The molecule has 2 aliphatic rings. The molecule has 0 aliphatic carbocycles. The second kappa shape index (κ2) is 8.26. The predicted molar refractivity (Wildman–Crippen MR) is 112 cm³/mol. The van der Waals surface area contributed by atoms with Crippen LogP contribution >= 0.6 is 0 Å². The molecule has 0 N–H and O–H groups in total. The molecule has 2 aromatic rings. The molecular weight excluding hydrogens is 385 g/mol. The number of nitrogens with zero attached hydrogens (tertiary/aromatic N) is 3. The van der Waals surface area contributed by atoms with Crippen LogP contribution in [0.2, 0.25) is 0 Å². The van der Waals surface area contributed by atoms with Crippen LogP contribution in [0.25, 0.3) is 0 Å². The Morgan fingerprint density at radius 1 is 0.967 bits per heavy atom. The monoisotopic (exact) mass is 409 g/mol. The topological polar surface area (TPSA) is 60.9 Å². The van der Waals surface area contributed by atoms with E-state index in [1.807, 2.05) is 24.3 Å². The Morgan fingerprint density at radius 2 is 1.63 bits per heavy atom. The number of benzene rings is 2. The van der Waals surface area contributed by atoms with Crippen LogP contribution in [-0.4, -0.2) is 55.2 Å². The molecule has 7 heteroatoms. The molecule has 0 spiro atoms. The van der Waals surface area contributed by atoms with Gasteiger partial charge in [-0.2, -0.15) is 0 Å². The molecule has 30 heavy (non-hydrogen) atoms. The van der Waals surface area contributed by atoms with Crippen molar-refractivity contribution in [1.29, 1.82) is 0 Å². The van der Waals surface area contributed by atoms with Crippen molar-refractivity contribution < 1.29 is 18.8 Å². The zero-order chi connectivity index (χ0) is 21.3. The Kier molecular flexibility index (Phi) is 5.53. The van der Waals surface area contributed by atoms with Gasteiger partial charge in [0.1, 0.15) is 5.82 Å². The highest BCUT2D eigenvalue weighted by Crippen LogP contribution is 2.29. The van der Waals surface area contributed by atoms with Crippen molar-refractivity contribution in [2.75, 3.05) is 42.5 Å². The molecule has 2 fully saturated rings. The summed E-state index contributed by atoms with van der Waals surface area (Å²) < 4.78 is 14.1. The lowest BCUT2D eigenvalue weighted by molar-refractivity contribution is -0.136. The molecule has 2 amide bonds. The molecule has 2 saturated heterocycles. The van der Waals surface area contributed by atoms with Gasteiger partial charge in [-0.05, 0) is 43.3 Å². The largest absolute Gasteiger partial charge is 0.368 e. The standard InChI is InChI=1S/C23H24FN3O3/c1-16(28)17-6-8-19(9-7-17)25-10-12-26(13-11-25)23(30)18-14-22(29)27(15-18)21-5-3-2-4-20(21)24/h2-9,18H,10-15H2,1H3/t18-/m0/s1. The van der Waals surface area contributed by atoms with E-state index >= 15 is 0 Å². The molecule has 156 valence electrons. The first-order chi connectivity index (χ1) is 14.4. The molecule has 4 rings (SSSR count). The lowest BCUT2D eigenvalue weighted by Gasteiger charge is -2.37.